The predicted octanol–water partition coefficient (Wildman–Crippen LogP) is 3.33. The van der Waals surface area contributed by atoms with Crippen molar-refractivity contribution in [3.63, 3.8) is 0 Å². The van der Waals surface area contributed by atoms with Crippen LogP contribution in [0.1, 0.15) is 33.1 Å². The summed E-state index contributed by atoms with van der Waals surface area (Å²) < 4.78 is 111. The molecule has 0 radical (unpaired) electrons. The van der Waals surface area contributed by atoms with E-state index in [4.69, 9.17) is 0 Å². The lowest BCUT2D eigenvalue weighted by Gasteiger charge is -2.40. The maximum absolute atomic E-state index is 11.4. The highest BCUT2D eigenvalue weighted by molar-refractivity contribution is 8.13. The summed E-state index contributed by atoms with van der Waals surface area (Å²) in [5, 5.41) is 0. The molecule has 158 valence electrons. The summed E-state index contributed by atoms with van der Waals surface area (Å²) in [5.41, 5.74) is -12.4. The van der Waals surface area contributed by atoms with Gasteiger partial charge in [0.1, 0.15) is 0 Å². The van der Waals surface area contributed by atoms with Gasteiger partial charge in [-0.05, 0) is 19.3 Å². The Morgan fingerprint density at radius 3 is 1.73 bits per heavy atom. The van der Waals surface area contributed by atoms with Crippen molar-refractivity contribution in [2.24, 2.45) is 5.92 Å². The zero-order valence-corrected chi connectivity index (χ0v) is 16.1. The van der Waals surface area contributed by atoms with E-state index >= 15 is 0 Å². The topological polar surface area (TPSA) is 82.4 Å². The van der Waals surface area contributed by atoms with Gasteiger partial charge in [-0.2, -0.15) is 26.3 Å². The van der Waals surface area contributed by atoms with Crippen LogP contribution in [0.2, 0.25) is 0 Å². The highest BCUT2D eigenvalue weighted by Gasteiger charge is 2.46. The molecule has 26 heavy (non-hydrogen) atoms. The van der Waals surface area contributed by atoms with Gasteiger partial charge in [0.25, 0.3) is 0 Å². The molecule has 1 heterocycles. The van der Waals surface area contributed by atoms with Crippen molar-refractivity contribution in [3.05, 3.63) is 4.13 Å². The molecule has 1 aliphatic rings. The highest BCUT2D eigenvalue weighted by atomic mass is 32.3. The molecule has 0 N–H and O–H groups in total. The van der Waals surface area contributed by atoms with E-state index in [2.05, 4.69) is 20.9 Å². The van der Waals surface area contributed by atoms with Crippen LogP contribution in [-0.4, -0.2) is 59.0 Å². The molecule has 0 bridgehead atoms. The Morgan fingerprint density at radius 1 is 1.00 bits per heavy atom. The van der Waals surface area contributed by atoms with Crippen molar-refractivity contribution >= 4 is 20.0 Å². The molecule has 0 aromatic heterocycles. The minimum atomic E-state index is -6.72. The Morgan fingerprint density at radius 2 is 1.42 bits per heavy atom. The zero-order chi connectivity index (χ0) is 21.0. The number of hydrogen-bond acceptors (Lipinski definition) is 4. The number of rotatable bonds is 4. The zero-order valence-electron chi connectivity index (χ0n) is 14.4. The number of sulfonamides is 2. The summed E-state index contributed by atoms with van der Waals surface area (Å²) in [6.07, 6.45) is 4.23. The molecule has 1 saturated heterocycles. The molecule has 1 rings (SSSR count). The second kappa shape index (κ2) is 8.61. The van der Waals surface area contributed by atoms with E-state index in [9.17, 15) is 43.2 Å². The lowest BCUT2D eigenvalue weighted by Crippen LogP contribution is -2.50. The van der Waals surface area contributed by atoms with Crippen LogP contribution >= 0.6 is 0 Å². The molecular formula is C12H22F6N2O4S2. The monoisotopic (exact) mass is 436 g/mol. The minimum Gasteiger partial charge on any atom is -0.421 e. The van der Waals surface area contributed by atoms with E-state index in [1.807, 2.05) is 0 Å². The van der Waals surface area contributed by atoms with E-state index in [1.54, 1.807) is 0 Å². The van der Waals surface area contributed by atoms with Crippen molar-refractivity contribution in [1.29, 1.82) is 0 Å². The van der Waals surface area contributed by atoms with Crippen LogP contribution in [0.5, 0.6) is 0 Å². The van der Waals surface area contributed by atoms with Crippen molar-refractivity contribution < 1.29 is 47.7 Å². The van der Waals surface area contributed by atoms with Gasteiger partial charge in [-0.3, -0.25) is 0 Å². The Labute approximate surface area is 149 Å². The Kier molecular flexibility index (Phi) is 8.41. The van der Waals surface area contributed by atoms with Gasteiger partial charge in [0.15, 0.2) is 20.0 Å². The second-order valence-corrected chi connectivity index (χ2v) is 9.84. The fourth-order valence-electron chi connectivity index (χ4n) is 2.71. The first-order valence-electron chi connectivity index (χ1n) is 7.57. The highest BCUT2D eigenvalue weighted by Crippen LogP contribution is 2.36. The van der Waals surface area contributed by atoms with Gasteiger partial charge in [0, 0.05) is 5.92 Å². The molecule has 0 aromatic rings. The first-order chi connectivity index (χ1) is 11.4. The average molecular weight is 436 g/mol. The number of halogens is 6. The Bertz CT molecular complexity index is 614. The van der Waals surface area contributed by atoms with Crippen molar-refractivity contribution in [2.75, 3.05) is 26.7 Å². The summed E-state index contributed by atoms with van der Waals surface area (Å²) in [5.74, 6) is 0.959. The maximum Gasteiger partial charge on any atom is 0.480 e. The van der Waals surface area contributed by atoms with Gasteiger partial charge in [-0.25, -0.2) is 16.8 Å². The number of piperidine rings is 1. The van der Waals surface area contributed by atoms with E-state index < -0.39 is 31.1 Å². The molecule has 14 heteroatoms. The summed E-state index contributed by atoms with van der Waals surface area (Å²) in [6, 6.07) is 0. The van der Waals surface area contributed by atoms with Gasteiger partial charge >= 0.3 is 11.0 Å². The first-order valence-corrected chi connectivity index (χ1v) is 10.5. The number of hydrogen-bond donors (Lipinski definition) is 0. The third-order valence-electron chi connectivity index (χ3n) is 3.69. The lowest BCUT2D eigenvalue weighted by atomic mass is 9.98. The fourth-order valence-corrected chi connectivity index (χ4v) is 4.42. The maximum atomic E-state index is 11.4. The SMILES string of the molecule is CCC[N+]1(C)CCCC(C)C1.O=S(=O)([N-]S(=O)(=O)C(F)(F)F)C(F)(F)F. The smallest absolute Gasteiger partial charge is 0.421 e. The molecule has 2 atom stereocenters. The van der Waals surface area contributed by atoms with Gasteiger partial charge in [-0.15, -0.1) is 0 Å². The number of alkyl halides is 6. The third kappa shape index (κ3) is 7.56. The van der Waals surface area contributed by atoms with Crippen molar-refractivity contribution in [1.82, 2.24) is 0 Å². The normalized spacial score (nSPS) is 25.3. The van der Waals surface area contributed by atoms with Crippen LogP contribution in [0.4, 0.5) is 26.3 Å². The Hall–Kier alpha value is -0.600. The van der Waals surface area contributed by atoms with Crippen LogP contribution in [0.25, 0.3) is 4.13 Å². The summed E-state index contributed by atoms with van der Waals surface area (Å²) in [4.78, 5) is 0. The van der Waals surface area contributed by atoms with E-state index in [0.29, 0.717) is 0 Å². The predicted molar refractivity (Wildman–Crippen MR) is 82.8 cm³/mol. The van der Waals surface area contributed by atoms with Crippen molar-refractivity contribution in [3.8, 4) is 0 Å². The standard InChI is InChI=1S/C10H22N.C2F6NO4S2/c1-4-7-11(3)8-5-6-10(2)9-11;3-1(4,5)14(10,11)9-15(12,13)2(6,7)8/h10H,4-9H2,1-3H3;/q+1;-1. The first kappa shape index (κ1) is 25.4. The molecule has 1 fully saturated rings. The molecule has 1 aliphatic heterocycles. The average Bonchev–Trinajstić information content (AvgIpc) is 2.34. The van der Waals surface area contributed by atoms with E-state index in [1.165, 1.54) is 43.4 Å². The Balaban J connectivity index is 0.000000502. The lowest BCUT2D eigenvalue weighted by molar-refractivity contribution is -0.917. The van der Waals surface area contributed by atoms with Gasteiger partial charge in [0.05, 0.1) is 26.7 Å². The summed E-state index contributed by atoms with van der Waals surface area (Å²) in [7, 11) is -11.0. The third-order valence-corrected chi connectivity index (χ3v) is 6.43. The molecule has 2 unspecified atom stereocenters. The number of nitrogens with zero attached hydrogens (tertiary/aromatic N) is 2. The van der Waals surface area contributed by atoms with Gasteiger partial charge < -0.3 is 8.61 Å². The molecule has 0 aromatic carbocycles. The molecular weight excluding hydrogens is 414 g/mol. The number of quaternary nitrogens is 1. The van der Waals surface area contributed by atoms with Gasteiger partial charge in [-0.1, -0.05) is 13.8 Å². The quantitative estimate of drug-likeness (QED) is 0.500. The van der Waals surface area contributed by atoms with E-state index in [-0.39, 0.29) is 0 Å². The van der Waals surface area contributed by atoms with Crippen LogP contribution in [0, 0.1) is 5.92 Å². The molecule has 0 aliphatic carbocycles. The van der Waals surface area contributed by atoms with Crippen LogP contribution in [0.3, 0.4) is 0 Å². The van der Waals surface area contributed by atoms with Crippen LogP contribution < -0.4 is 0 Å². The van der Waals surface area contributed by atoms with Crippen molar-refractivity contribution in [2.45, 2.75) is 44.1 Å². The molecule has 0 saturated carbocycles. The van der Waals surface area contributed by atoms with Crippen LogP contribution in [-0.2, 0) is 20.0 Å². The fraction of sp³-hybridized carbons (Fsp3) is 1.00. The molecule has 0 amide bonds. The summed E-state index contributed by atoms with van der Waals surface area (Å²) in [6.45, 7) is 8.89. The van der Waals surface area contributed by atoms with E-state index in [0.717, 1.165) is 10.0 Å². The minimum absolute atomic E-state index is 0.778. The second-order valence-electron chi connectivity index (χ2n) is 6.41. The van der Waals surface area contributed by atoms with Crippen LogP contribution in [0.15, 0.2) is 0 Å². The van der Waals surface area contributed by atoms with Gasteiger partial charge in [0.2, 0.25) is 0 Å². The molecule has 6 nitrogen and oxygen atoms in total. The summed E-state index contributed by atoms with van der Waals surface area (Å²) >= 11 is 0. The largest absolute Gasteiger partial charge is 0.480 e. The molecule has 0 spiro atoms. The number of likely N-dealkylation sites (tertiary alicyclic amines) is 1.